The number of nitrogens with one attached hydrogen (secondary N) is 1. The number of amides is 1. The molecular formula is C10H19NO. The molecule has 0 bridgehead atoms. The van der Waals surface area contributed by atoms with Crippen molar-refractivity contribution < 1.29 is 4.79 Å². The Hall–Kier alpha value is -0.790. The van der Waals surface area contributed by atoms with E-state index in [1.807, 2.05) is 0 Å². The van der Waals surface area contributed by atoms with Crippen LogP contribution in [0.1, 0.15) is 33.1 Å². The minimum absolute atomic E-state index is 0.127. The summed E-state index contributed by atoms with van der Waals surface area (Å²) < 4.78 is 0. The molecule has 1 N–H and O–H groups in total. The van der Waals surface area contributed by atoms with Crippen molar-refractivity contribution >= 4 is 5.91 Å². The van der Waals surface area contributed by atoms with Crippen LogP contribution in [-0.2, 0) is 4.79 Å². The molecule has 0 saturated carbocycles. The van der Waals surface area contributed by atoms with Gasteiger partial charge in [-0.15, -0.1) is 0 Å². The highest BCUT2D eigenvalue weighted by Gasteiger charge is 2.06. The normalized spacial score (nSPS) is 13.2. The van der Waals surface area contributed by atoms with E-state index in [-0.39, 0.29) is 5.91 Å². The van der Waals surface area contributed by atoms with Gasteiger partial charge in [-0.05, 0) is 18.8 Å². The molecule has 0 aliphatic heterocycles. The molecular weight excluding hydrogens is 150 g/mol. The fourth-order valence-electron chi connectivity index (χ4n) is 1.02. The second kappa shape index (κ2) is 6.89. The summed E-state index contributed by atoms with van der Waals surface area (Å²) in [6.45, 7) is 4.21. The summed E-state index contributed by atoms with van der Waals surface area (Å²) in [6, 6.07) is 0. The molecule has 0 spiro atoms. The molecule has 0 aromatic rings. The summed E-state index contributed by atoms with van der Waals surface area (Å²) in [6.07, 6.45) is 6.95. The molecule has 70 valence electrons. The van der Waals surface area contributed by atoms with Gasteiger partial charge in [0.1, 0.15) is 0 Å². The number of carbonyl (C=O) groups is 1. The molecule has 1 atom stereocenters. The highest BCUT2D eigenvalue weighted by Crippen LogP contribution is 2.09. The van der Waals surface area contributed by atoms with Crippen LogP contribution in [0.25, 0.3) is 0 Å². The van der Waals surface area contributed by atoms with Crippen molar-refractivity contribution in [1.29, 1.82) is 0 Å². The van der Waals surface area contributed by atoms with Gasteiger partial charge >= 0.3 is 0 Å². The molecule has 0 aliphatic carbocycles. The van der Waals surface area contributed by atoms with E-state index in [9.17, 15) is 4.79 Å². The number of hydrogen-bond acceptors (Lipinski definition) is 1. The average Bonchev–Trinajstić information content (AvgIpc) is 2.11. The summed E-state index contributed by atoms with van der Waals surface area (Å²) in [7, 11) is 1.68. The third-order valence-electron chi connectivity index (χ3n) is 1.89. The van der Waals surface area contributed by atoms with Gasteiger partial charge in [-0.1, -0.05) is 26.0 Å². The predicted octanol–water partition coefficient (Wildman–Crippen LogP) is 2.11. The van der Waals surface area contributed by atoms with Crippen molar-refractivity contribution in [2.45, 2.75) is 33.1 Å². The van der Waals surface area contributed by atoms with Crippen LogP contribution in [0.3, 0.4) is 0 Å². The van der Waals surface area contributed by atoms with Crippen LogP contribution in [-0.4, -0.2) is 13.0 Å². The highest BCUT2D eigenvalue weighted by atomic mass is 16.1. The molecule has 2 nitrogen and oxygen atoms in total. The molecule has 0 fully saturated rings. The zero-order chi connectivity index (χ0) is 9.40. The Morgan fingerprint density at radius 3 is 2.58 bits per heavy atom. The Bertz CT molecular complexity index is 152. The van der Waals surface area contributed by atoms with E-state index >= 15 is 0 Å². The van der Waals surface area contributed by atoms with E-state index < -0.39 is 0 Å². The van der Waals surface area contributed by atoms with Crippen molar-refractivity contribution in [1.82, 2.24) is 5.32 Å². The number of hydrogen-bond donors (Lipinski definition) is 1. The van der Waals surface area contributed by atoms with Crippen molar-refractivity contribution in [3.05, 3.63) is 12.2 Å². The maximum absolute atomic E-state index is 11.0. The van der Waals surface area contributed by atoms with Crippen LogP contribution in [0.4, 0.5) is 0 Å². The molecule has 12 heavy (non-hydrogen) atoms. The lowest BCUT2D eigenvalue weighted by Crippen LogP contribution is -2.20. The van der Waals surface area contributed by atoms with Crippen molar-refractivity contribution in [2.75, 3.05) is 7.05 Å². The zero-order valence-electron chi connectivity index (χ0n) is 8.26. The Kier molecular flexibility index (Phi) is 6.44. The fraction of sp³-hybridized carbons (Fsp3) is 0.700. The van der Waals surface area contributed by atoms with Gasteiger partial charge in [0.25, 0.3) is 0 Å². The van der Waals surface area contributed by atoms with Crippen molar-refractivity contribution in [2.24, 2.45) is 5.92 Å². The van der Waals surface area contributed by atoms with E-state index in [1.165, 1.54) is 0 Å². The van der Waals surface area contributed by atoms with Crippen LogP contribution in [0.5, 0.6) is 0 Å². The molecule has 0 aliphatic rings. The first-order valence-electron chi connectivity index (χ1n) is 4.61. The summed E-state index contributed by atoms with van der Waals surface area (Å²) in [5, 5.41) is 2.63. The van der Waals surface area contributed by atoms with Gasteiger partial charge in [0, 0.05) is 13.5 Å². The molecule has 0 aromatic carbocycles. The minimum Gasteiger partial charge on any atom is -0.359 e. The van der Waals surface area contributed by atoms with Crippen LogP contribution < -0.4 is 5.32 Å². The predicted molar refractivity (Wildman–Crippen MR) is 51.9 cm³/mol. The van der Waals surface area contributed by atoms with Gasteiger partial charge in [0.15, 0.2) is 0 Å². The molecule has 1 amide bonds. The quantitative estimate of drug-likeness (QED) is 0.627. The van der Waals surface area contributed by atoms with Crippen molar-refractivity contribution in [3.63, 3.8) is 0 Å². The Labute approximate surface area is 75.0 Å². The van der Waals surface area contributed by atoms with Gasteiger partial charge in [-0.25, -0.2) is 0 Å². The summed E-state index contributed by atoms with van der Waals surface area (Å²) in [5.74, 6) is 0.535. The molecule has 0 heterocycles. The first-order valence-corrected chi connectivity index (χ1v) is 4.61. The van der Waals surface area contributed by atoms with Crippen LogP contribution in [0, 0.1) is 5.92 Å². The largest absolute Gasteiger partial charge is 0.359 e. The molecule has 0 rings (SSSR count). The lowest BCUT2D eigenvalue weighted by Gasteiger charge is -2.07. The molecule has 0 saturated heterocycles. The van der Waals surface area contributed by atoms with Crippen LogP contribution >= 0.6 is 0 Å². The van der Waals surface area contributed by atoms with Gasteiger partial charge in [0.05, 0.1) is 0 Å². The Balaban J connectivity index is 3.82. The first-order chi connectivity index (χ1) is 5.74. The second-order valence-corrected chi connectivity index (χ2v) is 2.88. The van der Waals surface area contributed by atoms with Crippen LogP contribution in [0.2, 0.25) is 0 Å². The maximum Gasteiger partial charge on any atom is 0.220 e. The number of carbonyl (C=O) groups excluding carboxylic acids is 1. The summed E-state index contributed by atoms with van der Waals surface area (Å²) >= 11 is 0. The lowest BCUT2D eigenvalue weighted by molar-refractivity contribution is -0.121. The Morgan fingerprint density at radius 1 is 1.50 bits per heavy atom. The molecule has 0 aromatic heterocycles. The van der Waals surface area contributed by atoms with Crippen molar-refractivity contribution in [3.8, 4) is 0 Å². The third-order valence-corrected chi connectivity index (χ3v) is 1.89. The number of allylic oxidation sites excluding steroid dienone is 2. The summed E-state index contributed by atoms with van der Waals surface area (Å²) in [4.78, 5) is 11.0. The summed E-state index contributed by atoms with van der Waals surface area (Å²) in [5.41, 5.74) is 0. The van der Waals surface area contributed by atoms with Gasteiger partial charge in [-0.3, -0.25) is 4.79 Å². The first kappa shape index (κ1) is 11.2. The van der Waals surface area contributed by atoms with E-state index in [2.05, 4.69) is 31.3 Å². The zero-order valence-corrected chi connectivity index (χ0v) is 8.26. The number of rotatable bonds is 5. The van der Waals surface area contributed by atoms with E-state index in [0.717, 1.165) is 12.8 Å². The average molecular weight is 169 g/mol. The fourth-order valence-corrected chi connectivity index (χ4v) is 1.02. The smallest absolute Gasteiger partial charge is 0.220 e. The van der Waals surface area contributed by atoms with Gasteiger partial charge < -0.3 is 5.32 Å². The standard InChI is InChI=1S/C10H19NO/c1-4-6-7-9(5-2)8-10(12)11-3/h6-7,9H,4-5,8H2,1-3H3,(H,11,12)/b7-6+. The molecule has 1 unspecified atom stereocenters. The van der Waals surface area contributed by atoms with E-state index in [0.29, 0.717) is 12.3 Å². The lowest BCUT2D eigenvalue weighted by atomic mass is 10.0. The topological polar surface area (TPSA) is 29.1 Å². The third kappa shape index (κ3) is 4.94. The molecule has 0 radical (unpaired) electrons. The Morgan fingerprint density at radius 2 is 2.17 bits per heavy atom. The second-order valence-electron chi connectivity index (χ2n) is 2.88. The van der Waals surface area contributed by atoms with E-state index in [4.69, 9.17) is 0 Å². The van der Waals surface area contributed by atoms with E-state index in [1.54, 1.807) is 7.05 Å². The van der Waals surface area contributed by atoms with Gasteiger partial charge in [0.2, 0.25) is 5.91 Å². The van der Waals surface area contributed by atoms with Crippen LogP contribution in [0.15, 0.2) is 12.2 Å². The SMILES string of the molecule is CC/C=C/C(CC)CC(=O)NC. The minimum atomic E-state index is 0.127. The molecule has 2 heteroatoms. The van der Waals surface area contributed by atoms with Gasteiger partial charge in [-0.2, -0.15) is 0 Å². The highest BCUT2D eigenvalue weighted by molar-refractivity contribution is 5.75. The monoisotopic (exact) mass is 169 g/mol. The maximum atomic E-state index is 11.0.